The minimum Gasteiger partial charge on any atom is -0.293 e. The molecule has 1 aliphatic carbocycles. The van der Waals surface area contributed by atoms with Crippen molar-refractivity contribution in [2.45, 2.75) is 25.7 Å². The van der Waals surface area contributed by atoms with E-state index in [0.717, 1.165) is 4.88 Å². The average molecular weight is 166 g/mol. The van der Waals surface area contributed by atoms with Crippen molar-refractivity contribution < 1.29 is 4.79 Å². The molecule has 1 heterocycles. The molecule has 1 aliphatic rings. The van der Waals surface area contributed by atoms with Crippen LogP contribution in [0.4, 0.5) is 0 Å². The Hall–Kier alpha value is -0.630. The SMILES string of the molecule is CC1(C)CC(=O)c2sccc21. The van der Waals surface area contributed by atoms with E-state index in [9.17, 15) is 4.79 Å². The Labute approximate surface area is 70.1 Å². The number of fused-ring (bicyclic) bond motifs is 1. The topological polar surface area (TPSA) is 17.1 Å². The van der Waals surface area contributed by atoms with Gasteiger partial charge in [0.15, 0.2) is 5.78 Å². The molecular formula is C9H10OS. The van der Waals surface area contributed by atoms with E-state index in [1.807, 2.05) is 5.38 Å². The lowest BCUT2D eigenvalue weighted by atomic mass is 9.88. The van der Waals surface area contributed by atoms with Gasteiger partial charge in [0.2, 0.25) is 0 Å². The standard InChI is InChI=1S/C9H10OS/c1-9(2)5-7(10)8-6(9)3-4-11-8/h3-4H,5H2,1-2H3. The van der Waals surface area contributed by atoms with Crippen LogP contribution in [0.3, 0.4) is 0 Å². The third-order valence-corrected chi connectivity index (χ3v) is 3.21. The molecule has 0 amide bonds. The molecule has 11 heavy (non-hydrogen) atoms. The lowest BCUT2D eigenvalue weighted by Crippen LogP contribution is -2.11. The van der Waals surface area contributed by atoms with Gasteiger partial charge in [-0.3, -0.25) is 4.79 Å². The summed E-state index contributed by atoms with van der Waals surface area (Å²) in [7, 11) is 0. The molecule has 1 aromatic rings. The summed E-state index contributed by atoms with van der Waals surface area (Å²) in [5.74, 6) is 0.319. The number of carbonyl (C=O) groups excluding carboxylic acids is 1. The zero-order valence-electron chi connectivity index (χ0n) is 6.68. The summed E-state index contributed by atoms with van der Waals surface area (Å²) in [5.41, 5.74) is 1.33. The fraction of sp³-hybridized carbons (Fsp3) is 0.444. The third-order valence-electron chi connectivity index (χ3n) is 2.25. The molecule has 1 aromatic heterocycles. The van der Waals surface area contributed by atoms with E-state index in [-0.39, 0.29) is 5.41 Å². The predicted molar refractivity (Wildman–Crippen MR) is 46.3 cm³/mol. The van der Waals surface area contributed by atoms with Crippen LogP contribution in [-0.2, 0) is 5.41 Å². The highest BCUT2D eigenvalue weighted by atomic mass is 32.1. The maximum Gasteiger partial charge on any atom is 0.173 e. The molecule has 1 nitrogen and oxygen atoms in total. The largest absolute Gasteiger partial charge is 0.293 e. The van der Waals surface area contributed by atoms with Gasteiger partial charge < -0.3 is 0 Å². The Morgan fingerprint density at radius 2 is 2.27 bits per heavy atom. The summed E-state index contributed by atoms with van der Waals surface area (Å²) in [6.07, 6.45) is 0.689. The van der Waals surface area contributed by atoms with E-state index in [4.69, 9.17) is 0 Å². The van der Waals surface area contributed by atoms with Gasteiger partial charge in [-0.05, 0) is 22.4 Å². The van der Waals surface area contributed by atoms with Crippen LogP contribution in [0, 0.1) is 0 Å². The zero-order chi connectivity index (χ0) is 8.06. The molecule has 0 radical (unpaired) electrons. The monoisotopic (exact) mass is 166 g/mol. The van der Waals surface area contributed by atoms with Gasteiger partial charge in [0, 0.05) is 6.42 Å². The molecule has 58 valence electrons. The van der Waals surface area contributed by atoms with Gasteiger partial charge >= 0.3 is 0 Å². The van der Waals surface area contributed by atoms with E-state index >= 15 is 0 Å². The Kier molecular flexibility index (Phi) is 1.25. The van der Waals surface area contributed by atoms with E-state index in [1.54, 1.807) is 11.3 Å². The average Bonchev–Trinajstić information content (AvgIpc) is 2.37. The molecule has 2 heteroatoms. The molecule has 0 atom stereocenters. The minimum absolute atomic E-state index is 0.0897. The third kappa shape index (κ3) is 0.857. The molecule has 2 rings (SSSR count). The predicted octanol–water partition coefficient (Wildman–Crippen LogP) is 2.61. The summed E-state index contributed by atoms with van der Waals surface area (Å²) in [6, 6.07) is 2.07. The van der Waals surface area contributed by atoms with E-state index in [0.29, 0.717) is 12.2 Å². The normalized spacial score (nSPS) is 20.4. The fourth-order valence-electron chi connectivity index (χ4n) is 1.64. The smallest absolute Gasteiger partial charge is 0.173 e. The molecular weight excluding hydrogens is 156 g/mol. The van der Waals surface area contributed by atoms with Crippen LogP contribution in [0.5, 0.6) is 0 Å². The highest BCUT2D eigenvalue weighted by Crippen LogP contribution is 2.40. The van der Waals surface area contributed by atoms with Crippen LogP contribution in [0.2, 0.25) is 0 Å². The molecule has 0 spiro atoms. The number of thiophene rings is 1. The number of rotatable bonds is 0. The van der Waals surface area contributed by atoms with Crippen molar-refractivity contribution in [3.8, 4) is 0 Å². The summed E-state index contributed by atoms with van der Waals surface area (Å²) >= 11 is 1.57. The highest BCUT2D eigenvalue weighted by Gasteiger charge is 2.36. The number of hydrogen-bond acceptors (Lipinski definition) is 2. The Bertz CT molecular complexity index is 309. The molecule has 0 saturated heterocycles. The maximum atomic E-state index is 11.4. The number of carbonyl (C=O) groups is 1. The lowest BCUT2D eigenvalue weighted by Gasteiger charge is -2.15. The molecule has 0 bridgehead atoms. The number of hydrogen-bond donors (Lipinski definition) is 0. The van der Waals surface area contributed by atoms with Crippen LogP contribution in [0.1, 0.15) is 35.5 Å². The van der Waals surface area contributed by atoms with Crippen molar-refractivity contribution in [1.82, 2.24) is 0 Å². The molecule has 0 N–H and O–H groups in total. The second-order valence-electron chi connectivity index (χ2n) is 3.65. The van der Waals surface area contributed by atoms with Gasteiger partial charge in [0.1, 0.15) is 0 Å². The van der Waals surface area contributed by atoms with Crippen molar-refractivity contribution in [2.24, 2.45) is 0 Å². The summed E-state index contributed by atoms with van der Waals surface area (Å²) < 4.78 is 0. The first-order valence-corrected chi connectivity index (χ1v) is 4.60. The van der Waals surface area contributed by atoms with Crippen LogP contribution in [0.15, 0.2) is 11.4 Å². The second kappa shape index (κ2) is 1.95. The van der Waals surface area contributed by atoms with Crippen molar-refractivity contribution in [1.29, 1.82) is 0 Å². The molecule has 0 unspecified atom stereocenters. The van der Waals surface area contributed by atoms with Crippen molar-refractivity contribution in [2.75, 3.05) is 0 Å². The first kappa shape index (κ1) is 7.04. The van der Waals surface area contributed by atoms with Crippen LogP contribution in [-0.4, -0.2) is 5.78 Å². The van der Waals surface area contributed by atoms with E-state index < -0.39 is 0 Å². The van der Waals surface area contributed by atoms with E-state index in [2.05, 4.69) is 19.9 Å². The Morgan fingerprint density at radius 1 is 1.55 bits per heavy atom. The van der Waals surface area contributed by atoms with Crippen LogP contribution < -0.4 is 0 Å². The quantitative estimate of drug-likeness (QED) is 0.579. The molecule has 0 aromatic carbocycles. The van der Waals surface area contributed by atoms with Crippen LogP contribution in [0.25, 0.3) is 0 Å². The Morgan fingerprint density at radius 3 is 2.91 bits per heavy atom. The first-order chi connectivity index (χ1) is 5.11. The van der Waals surface area contributed by atoms with Gasteiger partial charge in [-0.15, -0.1) is 11.3 Å². The van der Waals surface area contributed by atoms with Gasteiger partial charge in [0.25, 0.3) is 0 Å². The minimum atomic E-state index is 0.0897. The maximum absolute atomic E-state index is 11.4. The van der Waals surface area contributed by atoms with Crippen molar-refractivity contribution in [3.63, 3.8) is 0 Å². The van der Waals surface area contributed by atoms with E-state index in [1.165, 1.54) is 5.56 Å². The first-order valence-electron chi connectivity index (χ1n) is 3.72. The summed E-state index contributed by atoms with van der Waals surface area (Å²) in [4.78, 5) is 12.3. The molecule has 0 fully saturated rings. The van der Waals surface area contributed by atoms with Gasteiger partial charge in [0.05, 0.1) is 4.88 Å². The summed E-state index contributed by atoms with van der Waals surface area (Å²) in [5, 5.41) is 2.00. The fourth-order valence-corrected chi connectivity index (χ4v) is 2.65. The lowest BCUT2D eigenvalue weighted by molar-refractivity contribution is 0.0982. The van der Waals surface area contributed by atoms with Gasteiger partial charge in [-0.25, -0.2) is 0 Å². The van der Waals surface area contributed by atoms with Gasteiger partial charge in [-0.2, -0.15) is 0 Å². The van der Waals surface area contributed by atoms with Crippen molar-refractivity contribution >= 4 is 17.1 Å². The highest BCUT2D eigenvalue weighted by molar-refractivity contribution is 7.12. The summed E-state index contributed by atoms with van der Waals surface area (Å²) in [6.45, 7) is 4.26. The number of ketones is 1. The molecule has 0 aliphatic heterocycles. The Balaban J connectivity index is 2.63. The van der Waals surface area contributed by atoms with Crippen LogP contribution >= 0.6 is 11.3 Å². The second-order valence-corrected chi connectivity index (χ2v) is 4.56. The zero-order valence-corrected chi connectivity index (χ0v) is 7.49. The molecule has 0 saturated carbocycles. The number of Topliss-reactive ketones (excluding diaryl/α,β-unsaturated/α-hetero) is 1. The van der Waals surface area contributed by atoms with Gasteiger partial charge in [-0.1, -0.05) is 13.8 Å². The van der Waals surface area contributed by atoms with Crippen molar-refractivity contribution in [3.05, 3.63) is 21.9 Å².